The molecule has 0 aromatic heterocycles. The van der Waals surface area contributed by atoms with Crippen LogP contribution >= 0.6 is 0 Å². The quantitative estimate of drug-likeness (QED) is 0.798. The van der Waals surface area contributed by atoms with Crippen molar-refractivity contribution in [3.05, 3.63) is 35.6 Å². The molecule has 2 aliphatic rings. The number of hydrogen-bond donors (Lipinski definition) is 0. The number of hydroxylamine groups is 2. The number of carbonyl (C=O) groups is 2. The summed E-state index contributed by atoms with van der Waals surface area (Å²) in [5.41, 5.74) is 0.208. The topological polar surface area (TPSA) is 46.6 Å². The predicted octanol–water partition coefficient (Wildman–Crippen LogP) is 2.58. The fraction of sp³-hybridized carbons (Fsp3) is 0.467. The Labute approximate surface area is 116 Å². The molecule has 0 radical (unpaired) electrons. The Hall–Kier alpha value is -1.75. The van der Waals surface area contributed by atoms with Gasteiger partial charge in [0.1, 0.15) is 12.4 Å². The van der Waals surface area contributed by atoms with E-state index in [0.29, 0.717) is 0 Å². The maximum atomic E-state index is 12.8. The minimum Gasteiger partial charge on any atom is -0.272 e. The van der Waals surface area contributed by atoms with Crippen LogP contribution in [-0.2, 0) is 21.0 Å². The van der Waals surface area contributed by atoms with Crippen molar-refractivity contribution in [2.24, 2.45) is 5.41 Å². The van der Waals surface area contributed by atoms with Crippen LogP contribution in [-0.4, -0.2) is 16.9 Å². The summed E-state index contributed by atoms with van der Waals surface area (Å²) in [6, 6.07) is 5.80. The molecule has 20 heavy (non-hydrogen) atoms. The van der Waals surface area contributed by atoms with Gasteiger partial charge < -0.3 is 0 Å². The average Bonchev–Trinajstić information content (AvgIpc) is 2.98. The summed E-state index contributed by atoms with van der Waals surface area (Å²) in [7, 11) is 0. The van der Waals surface area contributed by atoms with Gasteiger partial charge in [0.05, 0.1) is 5.41 Å². The predicted molar refractivity (Wildman–Crippen MR) is 68.6 cm³/mol. The van der Waals surface area contributed by atoms with Gasteiger partial charge in [0.15, 0.2) is 0 Å². The first-order valence-electron chi connectivity index (χ1n) is 6.85. The minimum atomic E-state index is -0.514. The summed E-state index contributed by atoms with van der Waals surface area (Å²) in [5.74, 6) is -0.798. The molecule has 0 atom stereocenters. The zero-order valence-electron chi connectivity index (χ0n) is 11.1. The lowest BCUT2D eigenvalue weighted by atomic mass is 9.85. The molecule has 3 rings (SSSR count). The molecule has 1 spiro atoms. The third-order valence-electron chi connectivity index (χ3n) is 4.19. The smallest absolute Gasteiger partial charge is 0.260 e. The summed E-state index contributed by atoms with van der Waals surface area (Å²) in [4.78, 5) is 29.6. The first-order chi connectivity index (χ1) is 9.61. The molecule has 0 bridgehead atoms. The number of hydrogen-bond acceptors (Lipinski definition) is 3. The Bertz CT molecular complexity index is 535. The Morgan fingerprint density at radius 1 is 1.15 bits per heavy atom. The van der Waals surface area contributed by atoms with E-state index in [4.69, 9.17) is 4.84 Å². The second-order valence-corrected chi connectivity index (χ2v) is 5.56. The lowest BCUT2D eigenvalue weighted by Crippen LogP contribution is -2.34. The van der Waals surface area contributed by atoms with Crippen LogP contribution in [0.4, 0.5) is 4.39 Å². The van der Waals surface area contributed by atoms with Gasteiger partial charge in [0.2, 0.25) is 0 Å². The first kappa shape index (κ1) is 13.2. The van der Waals surface area contributed by atoms with Gasteiger partial charge in [-0.2, -0.15) is 5.06 Å². The minimum absolute atomic E-state index is 0.0911. The summed E-state index contributed by atoms with van der Waals surface area (Å²) in [5, 5.41) is 0.911. The van der Waals surface area contributed by atoms with Crippen molar-refractivity contribution in [1.29, 1.82) is 0 Å². The number of imide groups is 1. The lowest BCUT2D eigenvalue weighted by Gasteiger charge is -2.20. The second-order valence-electron chi connectivity index (χ2n) is 5.56. The van der Waals surface area contributed by atoms with Crippen molar-refractivity contribution in [3.8, 4) is 0 Å². The second kappa shape index (κ2) is 4.98. The van der Waals surface area contributed by atoms with Crippen LogP contribution in [0.3, 0.4) is 0 Å². The summed E-state index contributed by atoms with van der Waals surface area (Å²) < 4.78 is 12.8. The molecule has 0 unspecified atom stereocenters. The zero-order valence-corrected chi connectivity index (χ0v) is 11.1. The summed E-state index contributed by atoms with van der Waals surface area (Å²) >= 11 is 0. The maximum Gasteiger partial charge on any atom is 0.260 e. The van der Waals surface area contributed by atoms with E-state index in [1.54, 1.807) is 12.1 Å². The van der Waals surface area contributed by atoms with E-state index in [9.17, 15) is 14.0 Å². The molecule has 5 heteroatoms. The first-order valence-corrected chi connectivity index (χ1v) is 6.85. The Morgan fingerprint density at radius 2 is 1.80 bits per heavy atom. The van der Waals surface area contributed by atoms with E-state index in [1.807, 2.05) is 0 Å². The highest BCUT2D eigenvalue weighted by Crippen LogP contribution is 2.46. The zero-order chi connectivity index (χ0) is 14.2. The molecular formula is C15H16FNO3. The molecule has 1 aromatic rings. The number of nitrogens with zero attached hydrogens (tertiary/aromatic N) is 1. The van der Waals surface area contributed by atoms with Gasteiger partial charge in [0, 0.05) is 6.42 Å². The van der Waals surface area contributed by atoms with Crippen LogP contribution in [0.25, 0.3) is 0 Å². The van der Waals surface area contributed by atoms with Crippen molar-refractivity contribution in [1.82, 2.24) is 5.06 Å². The molecule has 1 saturated heterocycles. The highest BCUT2D eigenvalue weighted by atomic mass is 19.1. The molecule has 106 valence electrons. The third-order valence-corrected chi connectivity index (χ3v) is 4.19. The standard InChI is InChI=1S/C15H16FNO3/c16-12-5-3-11(4-6-12)10-20-17-13(18)9-15(14(17)19)7-1-2-8-15/h3-6H,1-2,7-10H2. The van der Waals surface area contributed by atoms with Crippen LogP contribution in [0.5, 0.6) is 0 Å². The largest absolute Gasteiger partial charge is 0.272 e. The summed E-state index contributed by atoms with van der Waals surface area (Å²) in [6.45, 7) is 0.0911. The number of halogens is 1. The van der Waals surface area contributed by atoms with Gasteiger partial charge in [-0.3, -0.25) is 14.4 Å². The van der Waals surface area contributed by atoms with Crippen LogP contribution in [0.1, 0.15) is 37.7 Å². The van der Waals surface area contributed by atoms with Crippen molar-refractivity contribution in [2.45, 2.75) is 38.7 Å². The van der Waals surface area contributed by atoms with Gasteiger partial charge in [-0.05, 0) is 30.5 Å². The molecule has 1 aromatic carbocycles. The van der Waals surface area contributed by atoms with Crippen molar-refractivity contribution in [2.75, 3.05) is 0 Å². The van der Waals surface area contributed by atoms with Gasteiger partial charge in [-0.25, -0.2) is 4.39 Å². The van der Waals surface area contributed by atoms with Gasteiger partial charge in [-0.15, -0.1) is 0 Å². The molecule has 1 saturated carbocycles. The monoisotopic (exact) mass is 277 g/mol. The number of amides is 2. The third kappa shape index (κ3) is 2.22. The number of benzene rings is 1. The summed E-state index contributed by atoms with van der Waals surface area (Å²) in [6.07, 6.45) is 3.78. The molecule has 1 aliphatic carbocycles. The van der Waals surface area contributed by atoms with E-state index in [-0.39, 0.29) is 30.7 Å². The molecule has 2 fully saturated rings. The van der Waals surface area contributed by atoms with E-state index in [0.717, 1.165) is 36.3 Å². The van der Waals surface area contributed by atoms with Crippen LogP contribution in [0, 0.1) is 11.2 Å². The Balaban J connectivity index is 1.67. The molecule has 4 nitrogen and oxygen atoms in total. The highest BCUT2D eigenvalue weighted by Gasteiger charge is 2.53. The van der Waals surface area contributed by atoms with Crippen molar-refractivity contribution >= 4 is 11.8 Å². The average molecular weight is 277 g/mol. The molecule has 1 aliphatic heterocycles. The van der Waals surface area contributed by atoms with Crippen LogP contribution in [0.2, 0.25) is 0 Å². The van der Waals surface area contributed by atoms with Gasteiger partial charge in [0.25, 0.3) is 11.8 Å². The lowest BCUT2D eigenvalue weighted by molar-refractivity contribution is -0.194. The van der Waals surface area contributed by atoms with Crippen molar-refractivity contribution in [3.63, 3.8) is 0 Å². The van der Waals surface area contributed by atoms with E-state index < -0.39 is 5.41 Å². The van der Waals surface area contributed by atoms with E-state index >= 15 is 0 Å². The fourth-order valence-corrected chi connectivity index (χ4v) is 3.06. The Morgan fingerprint density at radius 3 is 2.45 bits per heavy atom. The molecule has 2 amide bonds. The van der Waals surface area contributed by atoms with Crippen LogP contribution in [0.15, 0.2) is 24.3 Å². The van der Waals surface area contributed by atoms with Crippen molar-refractivity contribution < 1.29 is 18.8 Å². The number of rotatable bonds is 3. The maximum absolute atomic E-state index is 12.8. The molecular weight excluding hydrogens is 261 g/mol. The van der Waals surface area contributed by atoms with Gasteiger partial charge in [-0.1, -0.05) is 25.0 Å². The molecule has 0 N–H and O–H groups in total. The van der Waals surface area contributed by atoms with Crippen LogP contribution < -0.4 is 0 Å². The normalized spacial score (nSPS) is 21.1. The highest BCUT2D eigenvalue weighted by molar-refractivity contribution is 6.04. The SMILES string of the molecule is O=C1CC2(CCCC2)C(=O)N1OCc1ccc(F)cc1. The van der Waals surface area contributed by atoms with E-state index in [2.05, 4.69) is 0 Å². The fourth-order valence-electron chi connectivity index (χ4n) is 3.06. The van der Waals surface area contributed by atoms with E-state index in [1.165, 1.54) is 12.1 Å². The van der Waals surface area contributed by atoms with Gasteiger partial charge >= 0.3 is 0 Å². The number of carbonyl (C=O) groups excluding carboxylic acids is 2. The Kier molecular flexibility index (Phi) is 3.30. The molecule has 1 heterocycles.